The molecule has 0 aliphatic carbocycles. The zero-order chi connectivity index (χ0) is 15.1. The van der Waals surface area contributed by atoms with E-state index in [0.29, 0.717) is 13.2 Å². The van der Waals surface area contributed by atoms with E-state index >= 15 is 0 Å². The summed E-state index contributed by atoms with van der Waals surface area (Å²) in [6.07, 6.45) is 5.20. The summed E-state index contributed by atoms with van der Waals surface area (Å²) in [7, 11) is 0. The summed E-state index contributed by atoms with van der Waals surface area (Å²) in [6.45, 7) is 7.05. The van der Waals surface area contributed by atoms with E-state index in [2.05, 4.69) is 10.2 Å². The Kier molecular flexibility index (Phi) is 6.20. The van der Waals surface area contributed by atoms with Crippen LogP contribution in [-0.4, -0.2) is 73.6 Å². The van der Waals surface area contributed by atoms with E-state index in [4.69, 9.17) is 4.74 Å². The molecule has 2 aliphatic heterocycles. The molecule has 1 N–H and O–H groups in total. The maximum Gasteiger partial charge on any atom is 0.330 e. The maximum absolute atomic E-state index is 12.6. The van der Waals surface area contributed by atoms with Gasteiger partial charge in [-0.15, -0.1) is 0 Å². The molecule has 2 fully saturated rings. The molecular weight excluding hydrogens is 270 g/mol. The highest BCUT2D eigenvalue weighted by atomic mass is 16.5. The molecule has 1 atom stereocenters. The average Bonchev–Trinajstić information content (AvgIpc) is 2.96. The molecule has 2 heterocycles. The predicted molar refractivity (Wildman–Crippen MR) is 79.8 cm³/mol. The van der Waals surface area contributed by atoms with Gasteiger partial charge in [0.2, 0.25) is 5.91 Å². The fourth-order valence-corrected chi connectivity index (χ4v) is 2.89. The molecule has 118 valence electrons. The third-order valence-electron chi connectivity index (χ3n) is 3.96. The Balaban J connectivity index is 1.84. The third kappa shape index (κ3) is 4.54. The van der Waals surface area contributed by atoms with E-state index in [-0.39, 0.29) is 17.9 Å². The number of esters is 1. The number of nitrogens with one attached hydrogen (secondary N) is 1. The fraction of sp³-hybridized carbons (Fsp3) is 0.733. The van der Waals surface area contributed by atoms with Gasteiger partial charge in [-0.25, -0.2) is 4.79 Å². The summed E-state index contributed by atoms with van der Waals surface area (Å²) in [4.78, 5) is 27.9. The van der Waals surface area contributed by atoms with Gasteiger partial charge in [0, 0.05) is 38.8 Å². The van der Waals surface area contributed by atoms with E-state index < -0.39 is 0 Å². The molecule has 1 unspecified atom stereocenters. The molecular formula is C15H25N3O3. The smallest absolute Gasteiger partial charge is 0.330 e. The van der Waals surface area contributed by atoms with Crippen molar-refractivity contribution in [3.05, 3.63) is 12.2 Å². The monoisotopic (exact) mass is 295 g/mol. The van der Waals surface area contributed by atoms with Crippen molar-refractivity contribution in [3.63, 3.8) is 0 Å². The van der Waals surface area contributed by atoms with Crippen molar-refractivity contribution in [1.82, 2.24) is 15.1 Å². The Morgan fingerprint density at radius 1 is 1.29 bits per heavy atom. The highest BCUT2D eigenvalue weighted by Crippen LogP contribution is 2.19. The van der Waals surface area contributed by atoms with Crippen LogP contribution >= 0.6 is 0 Å². The molecule has 21 heavy (non-hydrogen) atoms. The SMILES string of the molecule is CCOC(=O)/C=C/CN1CCCC1C(=O)N1CCNCC1. The molecule has 0 aromatic carbocycles. The molecule has 0 spiro atoms. The van der Waals surface area contributed by atoms with Crippen molar-refractivity contribution >= 4 is 11.9 Å². The van der Waals surface area contributed by atoms with Crippen molar-refractivity contribution in [2.24, 2.45) is 0 Å². The quantitative estimate of drug-likeness (QED) is 0.571. The van der Waals surface area contributed by atoms with Crippen LogP contribution in [0.1, 0.15) is 19.8 Å². The lowest BCUT2D eigenvalue weighted by molar-refractivity contribution is -0.137. The zero-order valence-electron chi connectivity index (χ0n) is 12.7. The Bertz CT molecular complexity index is 392. The second-order valence-corrected chi connectivity index (χ2v) is 5.38. The van der Waals surface area contributed by atoms with Crippen molar-refractivity contribution in [1.29, 1.82) is 0 Å². The van der Waals surface area contributed by atoms with Gasteiger partial charge in [-0.2, -0.15) is 0 Å². The molecule has 1 amide bonds. The fourth-order valence-electron chi connectivity index (χ4n) is 2.89. The van der Waals surface area contributed by atoms with Gasteiger partial charge in [-0.1, -0.05) is 6.08 Å². The van der Waals surface area contributed by atoms with Gasteiger partial charge < -0.3 is 15.0 Å². The van der Waals surface area contributed by atoms with Crippen LogP contribution in [0.25, 0.3) is 0 Å². The van der Waals surface area contributed by atoms with Gasteiger partial charge in [0.05, 0.1) is 12.6 Å². The summed E-state index contributed by atoms with van der Waals surface area (Å²) < 4.78 is 4.85. The molecule has 0 bridgehead atoms. The molecule has 6 nitrogen and oxygen atoms in total. The Hall–Kier alpha value is -1.40. The van der Waals surface area contributed by atoms with Gasteiger partial charge >= 0.3 is 5.97 Å². The molecule has 0 saturated carbocycles. The number of amides is 1. The first-order valence-electron chi connectivity index (χ1n) is 7.79. The summed E-state index contributed by atoms with van der Waals surface area (Å²) in [5, 5.41) is 3.26. The highest BCUT2D eigenvalue weighted by Gasteiger charge is 2.33. The second kappa shape index (κ2) is 8.14. The first-order valence-corrected chi connectivity index (χ1v) is 7.79. The summed E-state index contributed by atoms with van der Waals surface area (Å²) >= 11 is 0. The summed E-state index contributed by atoms with van der Waals surface area (Å²) in [5.74, 6) is -0.0831. The minimum Gasteiger partial charge on any atom is -0.463 e. The number of carbonyl (C=O) groups is 2. The molecule has 2 saturated heterocycles. The number of ether oxygens (including phenoxy) is 1. The zero-order valence-corrected chi connectivity index (χ0v) is 12.7. The van der Waals surface area contributed by atoms with Crippen LogP contribution in [0.5, 0.6) is 0 Å². The number of rotatable bonds is 5. The van der Waals surface area contributed by atoms with Crippen molar-refractivity contribution < 1.29 is 14.3 Å². The van der Waals surface area contributed by atoms with Crippen molar-refractivity contribution in [3.8, 4) is 0 Å². The number of carbonyl (C=O) groups excluding carboxylic acids is 2. The summed E-state index contributed by atoms with van der Waals surface area (Å²) in [5.41, 5.74) is 0. The lowest BCUT2D eigenvalue weighted by Gasteiger charge is -2.32. The van der Waals surface area contributed by atoms with E-state index in [1.807, 2.05) is 4.90 Å². The van der Waals surface area contributed by atoms with Crippen molar-refractivity contribution in [2.75, 3.05) is 45.9 Å². The van der Waals surface area contributed by atoms with Gasteiger partial charge in [-0.3, -0.25) is 9.69 Å². The maximum atomic E-state index is 12.6. The van der Waals surface area contributed by atoms with E-state index in [1.54, 1.807) is 13.0 Å². The van der Waals surface area contributed by atoms with Gasteiger partial charge in [0.25, 0.3) is 0 Å². The molecule has 6 heteroatoms. The molecule has 0 radical (unpaired) electrons. The number of nitrogens with zero attached hydrogens (tertiary/aromatic N) is 2. The third-order valence-corrected chi connectivity index (χ3v) is 3.96. The number of hydrogen-bond acceptors (Lipinski definition) is 5. The van der Waals surface area contributed by atoms with E-state index in [0.717, 1.165) is 45.6 Å². The van der Waals surface area contributed by atoms with E-state index in [9.17, 15) is 9.59 Å². The predicted octanol–water partition coefficient (Wildman–Crippen LogP) is 0.00190. The van der Waals surface area contributed by atoms with Crippen LogP contribution in [-0.2, 0) is 14.3 Å². The van der Waals surface area contributed by atoms with Crippen LogP contribution in [0.3, 0.4) is 0 Å². The minimum atomic E-state index is -0.318. The second-order valence-electron chi connectivity index (χ2n) is 5.38. The van der Waals surface area contributed by atoms with E-state index in [1.165, 1.54) is 6.08 Å². The lowest BCUT2D eigenvalue weighted by atomic mass is 10.1. The number of likely N-dealkylation sites (tertiary alicyclic amines) is 1. The van der Waals surface area contributed by atoms with Crippen LogP contribution in [0.2, 0.25) is 0 Å². The Morgan fingerprint density at radius 3 is 2.76 bits per heavy atom. The first kappa shape index (κ1) is 16.0. The number of piperazine rings is 1. The van der Waals surface area contributed by atoms with Gasteiger partial charge in [0.1, 0.15) is 0 Å². The lowest BCUT2D eigenvalue weighted by Crippen LogP contribution is -2.52. The standard InChI is InChI=1S/C15H25N3O3/c1-2-21-14(19)6-4-10-17-9-3-5-13(17)15(20)18-11-7-16-8-12-18/h4,6,13,16H,2-3,5,7-12H2,1H3/b6-4+. The molecule has 2 aliphatic rings. The summed E-state index contributed by atoms with van der Waals surface area (Å²) in [6, 6.07) is -0.0325. The van der Waals surface area contributed by atoms with Crippen LogP contribution in [0.4, 0.5) is 0 Å². The van der Waals surface area contributed by atoms with Crippen LogP contribution < -0.4 is 5.32 Å². The topological polar surface area (TPSA) is 61.9 Å². The number of hydrogen-bond donors (Lipinski definition) is 1. The highest BCUT2D eigenvalue weighted by molar-refractivity contribution is 5.83. The Morgan fingerprint density at radius 2 is 2.05 bits per heavy atom. The molecule has 0 aromatic rings. The Labute approximate surface area is 126 Å². The van der Waals surface area contributed by atoms with Crippen LogP contribution in [0, 0.1) is 0 Å². The average molecular weight is 295 g/mol. The van der Waals surface area contributed by atoms with Gasteiger partial charge in [-0.05, 0) is 26.3 Å². The minimum absolute atomic E-state index is 0.0325. The largest absolute Gasteiger partial charge is 0.463 e. The van der Waals surface area contributed by atoms with Crippen LogP contribution in [0.15, 0.2) is 12.2 Å². The first-order chi connectivity index (χ1) is 10.2. The van der Waals surface area contributed by atoms with Crippen molar-refractivity contribution in [2.45, 2.75) is 25.8 Å². The normalized spacial score (nSPS) is 23.7. The van der Waals surface area contributed by atoms with Gasteiger partial charge in [0.15, 0.2) is 0 Å². The molecule has 2 rings (SSSR count). The molecule has 0 aromatic heterocycles.